The van der Waals surface area contributed by atoms with Crippen LogP contribution in [0.25, 0.3) is 0 Å². The molecule has 1 aliphatic rings. The zero-order valence-electron chi connectivity index (χ0n) is 6.98. The van der Waals surface area contributed by atoms with Gasteiger partial charge in [-0.3, -0.25) is 0 Å². The van der Waals surface area contributed by atoms with Crippen LogP contribution in [0.3, 0.4) is 0 Å². The van der Waals surface area contributed by atoms with Gasteiger partial charge in [-0.05, 0) is 25.3 Å². The Kier molecular flexibility index (Phi) is 2.32. The summed E-state index contributed by atoms with van der Waals surface area (Å²) in [7, 11) is 0. The van der Waals surface area contributed by atoms with Crippen molar-refractivity contribution < 1.29 is 0 Å². The minimum atomic E-state index is 0.175. The highest BCUT2D eigenvalue weighted by atomic mass is 15.0. The fourth-order valence-electron chi connectivity index (χ4n) is 0.947. The van der Waals surface area contributed by atoms with Crippen molar-refractivity contribution in [3.63, 3.8) is 0 Å². The topological polar surface area (TPSA) is 38.0 Å². The van der Waals surface area contributed by atoms with E-state index in [1.807, 2.05) is 0 Å². The number of nitrogens with one attached hydrogen (secondary N) is 1. The van der Waals surface area contributed by atoms with Crippen LogP contribution in [0.1, 0.15) is 26.7 Å². The van der Waals surface area contributed by atoms with E-state index in [9.17, 15) is 0 Å². The van der Waals surface area contributed by atoms with Gasteiger partial charge < -0.3 is 11.1 Å². The van der Waals surface area contributed by atoms with E-state index in [1.54, 1.807) is 0 Å². The fourth-order valence-corrected chi connectivity index (χ4v) is 0.947. The molecule has 0 aromatic heterocycles. The van der Waals surface area contributed by atoms with E-state index in [0.29, 0.717) is 0 Å². The average Bonchev–Trinajstić information content (AvgIpc) is 2.47. The van der Waals surface area contributed by atoms with E-state index in [2.05, 4.69) is 19.2 Å². The van der Waals surface area contributed by atoms with Crippen molar-refractivity contribution in [3.8, 4) is 0 Å². The van der Waals surface area contributed by atoms with Crippen molar-refractivity contribution in [3.05, 3.63) is 0 Å². The van der Waals surface area contributed by atoms with Crippen molar-refractivity contribution in [2.45, 2.75) is 32.2 Å². The lowest BCUT2D eigenvalue weighted by molar-refractivity contribution is 0.507. The molecule has 1 fully saturated rings. The monoisotopic (exact) mass is 142 g/mol. The summed E-state index contributed by atoms with van der Waals surface area (Å²) in [6.07, 6.45) is 2.41. The minimum absolute atomic E-state index is 0.175. The van der Waals surface area contributed by atoms with Gasteiger partial charge in [0.25, 0.3) is 0 Å². The van der Waals surface area contributed by atoms with Crippen LogP contribution in [0.15, 0.2) is 0 Å². The standard InChI is InChI=1S/C8H18N2/c1-7(2)5-10-6-8(9)3-4-8/h7,10H,3-6,9H2,1-2H3. The number of hydrogen-bond acceptors (Lipinski definition) is 2. The summed E-state index contributed by atoms with van der Waals surface area (Å²) in [6.45, 7) is 6.52. The highest BCUT2D eigenvalue weighted by Crippen LogP contribution is 2.30. The Morgan fingerprint density at radius 3 is 2.50 bits per heavy atom. The van der Waals surface area contributed by atoms with Crippen LogP contribution in [0, 0.1) is 5.92 Å². The Morgan fingerprint density at radius 2 is 2.10 bits per heavy atom. The van der Waals surface area contributed by atoms with Gasteiger partial charge in [-0.15, -0.1) is 0 Å². The summed E-state index contributed by atoms with van der Waals surface area (Å²) in [5.41, 5.74) is 6.05. The molecule has 1 rings (SSSR count). The SMILES string of the molecule is CC(C)CNCC1(N)CC1. The zero-order valence-corrected chi connectivity index (χ0v) is 6.98. The maximum absolute atomic E-state index is 5.87. The quantitative estimate of drug-likeness (QED) is 0.607. The molecule has 0 aromatic carbocycles. The second-order valence-electron chi connectivity index (χ2n) is 3.89. The lowest BCUT2D eigenvalue weighted by Crippen LogP contribution is -2.37. The smallest absolute Gasteiger partial charge is 0.0282 e. The van der Waals surface area contributed by atoms with Gasteiger partial charge in [0.2, 0.25) is 0 Å². The van der Waals surface area contributed by atoms with Crippen molar-refractivity contribution in [1.82, 2.24) is 5.32 Å². The molecule has 0 amide bonds. The Hall–Kier alpha value is -0.0800. The molecule has 1 saturated carbocycles. The van der Waals surface area contributed by atoms with E-state index in [1.165, 1.54) is 12.8 Å². The molecule has 0 aliphatic heterocycles. The first-order chi connectivity index (χ1) is 4.62. The van der Waals surface area contributed by atoms with Gasteiger partial charge in [0.1, 0.15) is 0 Å². The lowest BCUT2D eigenvalue weighted by atomic mass is 10.2. The summed E-state index contributed by atoms with van der Waals surface area (Å²) in [6, 6.07) is 0. The highest BCUT2D eigenvalue weighted by Gasteiger charge is 2.37. The van der Waals surface area contributed by atoms with Crippen LogP contribution in [0.4, 0.5) is 0 Å². The third-order valence-corrected chi connectivity index (χ3v) is 1.92. The van der Waals surface area contributed by atoms with Crippen LogP contribution in [-0.2, 0) is 0 Å². The van der Waals surface area contributed by atoms with Gasteiger partial charge >= 0.3 is 0 Å². The molecule has 0 aromatic rings. The number of rotatable bonds is 4. The molecule has 0 heterocycles. The van der Waals surface area contributed by atoms with E-state index in [0.717, 1.165) is 19.0 Å². The van der Waals surface area contributed by atoms with Gasteiger partial charge in [0.15, 0.2) is 0 Å². The summed E-state index contributed by atoms with van der Waals surface area (Å²) in [4.78, 5) is 0. The molecule has 60 valence electrons. The molecule has 10 heavy (non-hydrogen) atoms. The van der Waals surface area contributed by atoms with Crippen molar-refractivity contribution >= 4 is 0 Å². The van der Waals surface area contributed by atoms with Gasteiger partial charge in [-0.25, -0.2) is 0 Å². The number of nitrogens with two attached hydrogens (primary N) is 1. The lowest BCUT2D eigenvalue weighted by Gasteiger charge is -2.11. The molecular formula is C8H18N2. The van der Waals surface area contributed by atoms with Crippen molar-refractivity contribution in [2.24, 2.45) is 11.7 Å². The average molecular weight is 142 g/mol. The maximum atomic E-state index is 5.87. The van der Waals surface area contributed by atoms with Gasteiger partial charge in [-0.1, -0.05) is 13.8 Å². The normalized spacial score (nSPS) is 21.6. The van der Waals surface area contributed by atoms with Crippen LogP contribution < -0.4 is 11.1 Å². The summed E-state index contributed by atoms with van der Waals surface area (Å²) < 4.78 is 0. The fraction of sp³-hybridized carbons (Fsp3) is 1.00. The van der Waals surface area contributed by atoms with E-state index in [-0.39, 0.29) is 5.54 Å². The predicted octanol–water partition coefficient (Wildman–Crippen LogP) is 0.723. The van der Waals surface area contributed by atoms with E-state index >= 15 is 0 Å². The first-order valence-corrected chi connectivity index (χ1v) is 4.12. The van der Waals surface area contributed by atoms with Gasteiger partial charge in [0, 0.05) is 12.1 Å². The largest absolute Gasteiger partial charge is 0.324 e. The molecule has 0 bridgehead atoms. The predicted molar refractivity (Wildman–Crippen MR) is 43.9 cm³/mol. The molecule has 3 N–H and O–H groups in total. The minimum Gasteiger partial charge on any atom is -0.324 e. The second-order valence-corrected chi connectivity index (χ2v) is 3.89. The molecule has 2 heteroatoms. The van der Waals surface area contributed by atoms with Crippen LogP contribution in [0.2, 0.25) is 0 Å². The molecule has 0 spiro atoms. The molecule has 0 radical (unpaired) electrons. The molecule has 0 unspecified atom stereocenters. The first kappa shape index (κ1) is 8.02. The Morgan fingerprint density at radius 1 is 1.50 bits per heavy atom. The molecule has 2 nitrogen and oxygen atoms in total. The molecule has 1 aliphatic carbocycles. The van der Waals surface area contributed by atoms with Crippen molar-refractivity contribution in [2.75, 3.05) is 13.1 Å². The molecule has 0 atom stereocenters. The van der Waals surface area contributed by atoms with Crippen LogP contribution in [0.5, 0.6) is 0 Å². The van der Waals surface area contributed by atoms with Gasteiger partial charge in [0.05, 0.1) is 0 Å². The maximum Gasteiger partial charge on any atom is 0.0282 e. The third kappa shape index (κ3) is 2.67. The van der Waals surface area contributed by atoms with Crippen molar-refractivity contribution in [1.29, 1.82) is 0 Å². The first-order valence-electron chi connectivity index (χ1n) is 4.12. The molecular weight excluding hydrogens is 124 g/mol. The van der Waals surface area contributed by atoms with E-state index in [4.69, 9.17) is 5.73 Å². The Labute approximate surface area is 63.2 Å². The molecule has 0 saturated heterocycles. The van der Waals surface area contributed by atoms with Crippen LogP contribution >= 0.6 is 0 Å². The summed E-state index contributed by atoms with van der Waals surface area (Å²) in [5, 5.41) is 3.36. The third-order valence-electron chi connectivity index (χ3n) is 1.92. The van der Waals surface area contributed by atoms with Gasteiger partial charge in [-0.2, -0.15) is 0 Å². The highest BCUT2D eigenvalue weighted by molar-refractivity contribution is 5.00. The summed E-state index contributed by atoms with van der Waals surface area (Å²) >= 11 is 0. The Bertz CT molecular complexity index is 106. The van der Waals surface area contributed by atoms with E-state index < -0.39 is 0 Å². The zero-order chi connectivity index (χ0) is 7.61. The second kappa shape index (κ2) is 2.89. The summed E-state index contributed by atoms with van der Waals surface area (Å²) in [5.74, 6) is 0.738. The Balaban J connectivity index is 1.95. The van der Waals surface area contributed by atoms with Crippen LogP contribution in [-0.4, -0.2) is 18.6 Å². The number of hydrogen-bond donors (Lipinski definition) is 2.